The van der Waals surface area contributed by atoms with Crippen LogP contribution in [-0.4, -0.2) is 26.1 Å². The smallest absolute Gasteiger partial charge is 0.223 e. The van der Waals surface area contributed by atoms with Crippen molar-refractivity contribution in [3.8, 4) is 5.75 Å². The van der Waals surface area contributed by atoms with E-state index in [-0.39, 0.29) is 5.91 Å². The molecule has 0 aliphatic carbocycles. The minimum absolute atomic E-state index is 0.0230. The average Bonchev–Trinajstić information content (AvgIpc) is 2.32. The van der Waals surface area contributed by atoms with Gasteiger partial charge in [0.15, 0.2) is 0 Å². The van der Waals surface area contributed by atoms with Crippen LogP contribution in [0, 0.1) is 6.92 Å². The summed E-state index contributed by atoms with van der Waals surface area (Å²) in [6.07, 6.45) is 1.11. The van der Waals surface area contributed by atoms with Crippen molar-refractivity contribution in [3.05, 3.63) is 27.7 Å². The molecule has 3 N–H and O–H groups in total. The molecule has 100 valence electrons. The van der Waals surface area contributed by atoms with E-state index >= 15 is 0 Å². The second-order valence-electron chi connectivity index (χ2n) is 4.02. The van der Waals surface area contributed by atoms with Gasteiger partial charge < -0.3 is 15.8 Å². The van der Waals surface area contributed by atoms with Crippen LogP contribution >= 0.6 is 15.9 Å². The van der Waals surface area contributed by atoms with Crippen molar-refractivity contribution in [2.24, 2.45) is 5.73 Å². The predicted octanol–water partition coefficient (Wildman–Crippen LogP) is 1.77. The molecule has 5 heteroatoms. The predicted molar refractivity (Wildman–Crippen MR) is 75.8 cm³/mol. The largest absolute Gasteiger partial charge is 0.492 e. The van der Waals surface area contributed by atoms with Gasteiger partial charge in [0.05, 0.1) is 13.0 Å². The van der Waals surface area contributed by atoms with Gasteiger partial charge in [-0.25, -0.2) is 0 Å². The first-order valence-electron chi connectivity index (χ1n) is 5.91. The highest BCUT2D eigenvalue weighted by Gasteiger charge is 2.09. The number of nitrogens with one attached hydrogen (secondary N) is 1. The van der Waals surface area contributed by atoms with E-state index in [1.807, 2.05) is 19.1 Å². The van der Waals surface area contributed by atoms with Crippen LogP contribution in [0.5, 0.6) is 5.75 Å². The van der Waals surface area contributed by atoms with E-state index in [1.54, 1.807) is 7.05 Å². The maximum atomic E-state index is 11.1. The standard InChI is InChI=1S/C13H19BrN2O2/c1-9-7-11(14)8-10(3-5-15)13(9)18-6-4-12(17)16-2/h7-8H,3-6,15H2,1-2H3,(H,16,17). The summed E-state index contributed by atoms with van der Waals surface area (Å²) in [5, 5.41) is 2.57. The lowest BCUT2D eigenvalue weighted by atomic mass is 10.1. The number of hydrogen-bond donors (Lipinski definition) is 2. The molecular formula is C13H19BrN2O2. The molecule has 4 nitrogen and oxygen atoms in total. The van der Waals surface area contributed by atoms with Crippen molar-refractivity contribution in [1.29, 1.82) is 0 Å². The molecule has 18 heavy (non-hydrogen) atoms. The molecule has 0 bridgehead atoms. The van der Waals surface area contributed by atoms with Gasteiger partial charge in [0.1, 0.15) is 5.75 Å². The molecule has 1 aromatic rings. The quantitative estimate of drug-likeness (QED) is 0.841. The molecule has 0 aliphatic heterocycles. The van der Waals surface area contributed by atoms with Gasteiger partial charge in [-0.1, -0.05) is 15.9 Å². The Bertz CT molecular complexity index is 422. The third kappa shape index (κ3) is 4.31. The lowest BCUT2D eigenvalue weighted by Crippen LogP contribution is -2.20. The number of ether oxygens (including phenoxy) is 1. The normalized spacial score (nSPS) is 10.2. The van der Waals surface area contributed by atoms with Crippen molar-refractivity contribution in [3.63, 3.8) is 0 Å². The maximum absolute atomic E-state index is 11.1. The van der Waals surface area contributed by atoms with Gasteiger partial charge in [0.25, 0.3) is 0 Å². The number of halogens is 1. The Labute approximate surface area is 116 Å². The molecule has 0 fully saturated rings. The Balaban J connectivity index is 2.76. The molecule has 0 atom stereocenters. The van der Waals surface area contributed by atoms with Crippen molar-refractivity contribution < 1.29 is 9.53 Å². The first-order chi connectivity index (χ1) is 8.58. The second kappa shape index (κ2) is 7.38. The monoisotopic (exact) mass is 314 g/mol. The van der Waals surface area contributed by atoms with Crippen molar-refractivity contribution >= 4 is 21.8 Å². The van der Waals surface area contributed by atoms with E-state index in [4.69, 9.17) is 10.5 Å². The second-order valence-corrected chi connectivity index (χ2v) is 4.94. The van der Waals surface area contributed by atoms with Crippen LogP contribution in [0.1, 0.15) is 17.5 Å². The number of benzene rings is 1. The van der Waals surface area contributed by atoms with Crippen LogP contribution in [0.25, 0.3) is 0 Å². The van der Waals surface area contributed by atoms with Crippen molar-refractivity contribution in [2.45, 2.75) is 19.8 Å². The molecule has 1 aromatic carbocycles. The van der Waals surface area contributed by atoms with Gasteiger partial charge in [-0.05, 0) is 43.1 Å². The van der Waals surface area contributed by atoms with Gasteiger partial charge in [-0.3, -0.25) is 4.79 Å². The molecule has 0 saturated carbocycles. The third-order valence-corrected chi connectivity index (χ3v) is 3.04. The van der Waals surface area contributed by atoms with E-state index in [0.29, 0.717) is 19.6 Å². The van der Waals surface area contributed by atoms with Gasteiger partial charge in [0.2, 0.25) is 5.91 Å². The Morgan fingerprint density at radius 3 is 2.83 bits per heavy atom. The van der Waals surface area contributed by atoms with Crippen LogP contribution in [0.3, 0.4) is 0 Å². The SMILES string of the molecule is CNC(=O)CCOc1c(C)cc(Br)cc1CCN. The van der Waals surface area contributed by atoms with Crippen LogP contribution in [0.4, 0.5) is 0 Å². The third-order valence-electron chi connectivity index (χ3n) is 2.58. The summed E-state index contributed by atoms with van der Waals surface area (Å²) in [5.41, 5.74) is 7.71. The molecule has 0 unspecified atom stereocenters. The zero-order valence-corrected chi connectivity index (χ0v) is 12.3. The van der Waals surface area contributed by atoms with E-state index in [9.17, 15) is 4.79 Å². The number of rotatable bonds is 6. The van der Waals surface area contributed by atoms with Crippen LogP contribution in [0.2, 0.25) is 0 Å². The van der Waals surface area contributed by atoms with Crippen LogP contribution in [0.15, 0.2) is 16.6 Å². The number of carbonyl (C=O) groups is 1. The van der Waals surface area contributed by atoms with Crippen LogP contribution < -0.4 is 15.8 Å². The first kappa shape index (κ1) is 15.0. The van der Waals surface area contributed by atoms with Crippen molar-refractivity contribution in [1.82, 2.24) is 5.32 Å². The fraction of sp³-hybridized carbons (Fsp3) is 0.462. The lowest BCUT2D eigenvalue weighted by molar-refractivity contribution is -0.121. The number of carbonyl (C=O) groups excluding carboxylic acids is 1. The molecule has 1 rings (SSSR count). The summed E-state index contributed by atoms with van der Waals surface area (Å²) in [5.74, 6) is 0.817. The van der Waals surface area contributed by atoms with Gasteiger partial charge in [0, 0.05) is 11.5 Å². The van der Waals surface area contributed by atoms with Gasteiger partial charge >= 0.3 is 0 Å². The summed E-state index contributed by atoms with van der Waals surface area (Å²) in [4.78, 5) is 11.1. The fourth-order valence-corrected chi connectivity index (χ4v) is 2.34. The van der Waals surface area contributed by atoms with Gasteiger partial charge in [-0.15, -0.1) is 0 Å². The highest BCUT2D eigenvalue weighted by atomic mass is 79.9. The molecule has 0 radical (unpaired) electrons. The van der Waals surface area contributed by atoms with E-state index in [2.05, 4.69) is 21.2 Å². The van der Waals surface area contributed by atoms with E-state index < -0.39 is 0 Å². The zero-order chi connectivity index (χ0) is 13.5. The molecule has 1 amide bonds. The highest BCUT2D eigenvalue weighted by molar-refractivity contribution is 9.10. The van der Waals surface area contributed by atoms with E-state index in [0.717, 1.165) is 27.8 Å². The number of aryl methyl sites for hydroxylation is 1. The Hall–Kier alpha value is -1.07. The first-order valence-corrected chi connectivity index (χ1v) is 6.70. The summed E-state index contributed by atoms with van der Waals surface area (Å²) in [6, 6.07) is 4.00. The molecular weight excluding hydrogens is 296 g/mol. The summed E-state index contributed by atoms with van der Waals surface area (Å²) in [7, 11) is 1.62. The Morgan fingerprint density at radius 2 is 2.22 bits per heavy atom. The zero-order valence-electron chi connectivity index (χ0n) is 10.8. The van der Waals surface area contributed by atoms with E-state index in [1.165, 1.54) is 0 Å². The highest BCUT2D eigenvalue weighted by Crippen LogP contribution is 2.28. The Kier molecular flexibility index (Phi) is 6.15. The molecule has 0 heterocycles. The fourth-order valence-electron chi connectivity index (χ4n) is 1.72. The summed E-state index contributed by atoms with van der Waals surface area (Å²) in [6.45, 7) is 2.93. The molecule has 0 aliphatic rings. The van der Waals surface area contributed by atoms with Crippen molar-refractivity contribution in [2.75, 3.05) is 20.2 Å². The van der Waals surface area contributed by atoms with Gasteiger partial charge in [-0.2, -0.15) is 0 Å². The summed E-state index contributed by atoms with van der Waals surface area (Å²) >= 11 is 3.46. The molecule has 0 aromatic heterocycles. The van der Waals surface area contributed by atoms with Crippen LogP contribution in [-0.2, 0) is 11.2 Å². The maximum Gasteiger partial charge on any atom is 0.223 e. The minimum atomic E-state index is -0.0230. The Morgan fingerprint density at radius 1 is 1.50 bits per heavy atom. The summed E-state index contributed by atoms with van der Waals surface area (Å²) < 4.78 is 6.73. The minimum Gasteiger partial charge on any atom is -0.492 e. The molecule has 0 spiro atoms. The number of amides is 1. The number of hydrogen-bond acceptors (Lipinski definition) is 3. The number of nitrogens with two attached hydrogens (primary N) is 1. The average molecular weight is 315 g/mol. The topological polar surface area (TPSA) is 64.3 Å². The molecule has 0 saturated heterocycles. The lowest BCUT2D eigenvalue weighted by Gasteiger charge is -2.14.